The quantitative estimate of drug-likeness (QED) is 0.331. The number of H-pyrrole nitrogens is 1. The highest BCUT2D eigenvalue weighted by molar-refractivity contribution is 6.20. The van der Waals surface area contributed by atoms with Gasteiger partial charge < -0.3 is 19.6 Å². The van der Waals surface area contributed by atoms with Crippen LogP contribution in [0, 0.1) is 18.2 Å². The number of carbonyl (C=O) groups excluding carboxylic acids is 1. The first-order valence-corrected chi connectivity index (χ1v) is 16.1. The van der Waals surface area contributed by atoms with E-state index in [4.69, 9.17) is 19.7 Å². The largest absolute Gasteiger partial charge is 0.497 e. The molecule has 49 heavy (non-hydrogen) atoms. The van der Waals surface area contributed by atoms with E-state index >= 15 is 0 Å². The van der Waals surface area contributed by atoms with Gasteiger partial charge in [0.05, 0.1) is 53.6 Å². The summed E-state index contributed by atoms with van der Waals surface area (Å²) in [6.07, 6.45) is 20.6. The molecule has 10 heteroatoms. The number of ether oxygens (including phenoxy) is 1. The molecule has 8 bridgehead atoms. The van der Waals surface area contributed by atoms with Gasteiger partial charge in [-0.15, -0.1) is 0 Å². The van der Waals surface area contributed by atoms with Crippen LogP contribution >= 0.6 is 0 Å². The Bertz CT molecular complexity index is 2350. The van der Waals surface area contributed by atoms with Crippen molar-refractivity contribution in [1.82, 2.24) is 24.8 Å². The molecule has 7 heterocycles. The van der Waals surface area contributed by atoms with Crippen LogP contribution < -0.4 is 20.8 Å². The Labute approximate surface area is 282 Å². The summed E-state index contributed by atoms with van der Waals surface area (Å²) in [6, 6.07) is 13.4. The second-order valence-corrected chi connectivity index (χ2v) is 13.4. The van der Waals surface area contributed by atoms with Crippen LogP contribution in [0.5, 0.6) is 5.75 Å². The summed E-state index contributed by atoms with van der Waals surface area (Å²) in [5.74, 6) is 0.276. The van der Waals surface area contributed by atoms with E-state index in [-0.39, 0.29) is 5.78 Å². The Hall–Kier alpha value is -5.90. The fourth-order valence-electron chi connectivity index (χ4n) is 6.90. The maximum atomic E-state index is 14.9. The zero-order valence-corrected chi connectivity index (χ0v) is 27.5. The molecular formula is C39H34FN7O2. The Morgan fingerprint density at radius 2 is 1.73 bits per heavy atom. The molecule has 3 aromatic heterocycles. The van der Waals surface area contributed by atoms with Crippen LogP contribution in [-0.2, 0) is 16.8 Å². The molecule has 2 unspecified atom stereocenters. The highest BCUT2D eigenvalue weighted by Crippen LogP contribution is 2.45. The van der Waals surface area contributed by atoms with Crippen molar-refractivity contribution in [3.63, 3.8) is 0 Å². The minimum absolute atomic E-state index is 0.00116. The van der Waals surface area contributed by atoms with E-state index in [9.17, 15) is 9.18 Å². The zero-order chi connectivity index (χ0) is 34.0. The third-order valence-corrected chi connectivity index (χ3v) is 9.49. The minimum atomic E-state index is -1.13. The number of hydrogen-bond donors (Lipinski definition) is 2. The van der Waals surface area contributed by atoms with Gasteiger partial charge in [0.15, 0.2) is 11.6 Å². The average molecular weight is 652 g/mol. The molecule has 0 amide bonds. The Balaban J connectivity index is 1.34. The third kappa shape index (κ3) is 5.29. The molecule has 1 fully saturated rings. The second kappa shape index (κ2) is 11.1. The Morgan fingerprint density at radius 1 is 0.959 bits per heavy atom. The lowest BCUT2D eigenvalue weighted by Crippen LogP contribution is -2.47. The van der Waals surface area contributed by atoms with Crippen molar-refractivity contribution < 1.29 is 13.9 Å². The van der Waals surface area contributed by atoms with E-state index in [2.05, 4.69) is 15.3 Å². The molecule has 2 N–H and O–H groups in total. The molecule has 0 saturated carbocycles. The summed E-state index contributed by atoms with van der Waals surface area (Å²) in [4.78, 5) is 37.1. The molecule has 1 saturated heterocycles. The van der Waals surface area contributed by atoms with Gasteiger partial charge in [-0.05, 0) is 105 Å². The molecule has 0 aliphatic carbocycles. The maximum absolute atomic E-state index is 14.9. The van der Waals surface area contributed by atoms with Gasteiger partial charge in [0.25, 0.3) is 0 Å². The predicted molar refractivity (Wildman–Crippen MR) is 187 cm³/mol. The van der Waals surface area contributed by atoms with Crippen LogP contribution in [-0.4, -0.2) is 49.4 Å². The number of aromatic amines is 1. The van der Waals surface area contributed by atoms with Crippen LogP contribution in [0.4, 0.5) is 4.39 Å². The number of ketones is 1. The number of aromatic nitrogens is 4. The highest BCUT2D eigenvalue weighted by atomic mass is 19.1. The number of halogens is 1. The molecule has 2 atom stereocenters. The molecule has 8 rings (SSSR count). The van der Waals surface area contributed by atoms with Crippen molar-refractivity contribution in [2.24, 2.45) is 15.4 Å². The fourth-order valence-corrected chi connectivity index (χ4v) is 6.90. The number of Topliss-reactive ketones (excluding diaryl/α,β-unsaturated/α-hetero) is 1. The first kappa shape index (κ1) is 30.4. The number of methoxy groups -OCH3 is 1. The summed E-state index contributed by atoms with van der Waals surface area (Å²) in [5, 5.41) is 5.45. The molecule has 0 spiro atoms. The molecule has 4 aliphatic rings. The van der Waals surface area contributed by atoms with E-state index in [1.165, 1.54) is 6.20 Å². The van der Waals surface area contributed by atoms with Gasteiger partial charge in [0.2, 0.25) is 0 Å². The lowest BCUT2D eigenvalue weighted by atomic mass is 9.76. The smallest absolute Gasteiger partial charge is 0.173 e. The molecular weight excluding hydrogens is 617 g/mol. The van der Waals surface area contributed by atoms with E-state index in [0.29, 0.717) is 40.6 Å². The van der Waals surface area contributed by atoms with Gasteiger partial charge in [-0.1, -0.05) is 12.1 Å². The third-order valence-electron chi connectivity index (χ3n) is 9.49. The van der Waals surface area contributed by atoms with Crippen molar-refractivity contribution in [2.45, 2.75) is 38.3 Å². The standard InChI is InChI=1S/C39H34FN7O2/c1-24-15-33(32(40)21-41-24)47-22-35(42-23-47)38-14-13-29(45-38)17-28-8-7-26(43-28)16-27-9-10-30(44-27)19-39(18-25-5-11-31(49-4)12-6-25)36(48)37(2,3)34(20-38)46-39/h5-17,19-23,43,46H,18H2,1-4H3. The van der Waals surface area contributed by atoms with Crippen molar-refractivity contribution in [3.05, 3.63) is 143 Å². The number of pyridine rings is 1. The number of nitrogens with one attached hydrogen (secondary N) is 2. The Kier molecular flexibility index (Phi) is 6.88. The monoisotopic (exact) mass is 651 g/mol. The van der Waals surface area contributed by atoms with Gasteiger partial charge in [0.1, 0.15) is 16.8 Å². The topological polar surface area (TPSA) is 110 Å². The molecule has 1 aromatic carbocycles. The van der Waals surface area contributed by atoms with Gasteiger partial charge in [-0.2, -0.15) is 0 Å². The second-order valence-electron chi connectivity index (χ2n) is 13.4. The van der Waals surface area contributed by atoms with Gasteiger partial charge in [-0.3, -0.25) is 14.8 Å². The number of aliphatic imine (C=N–C) groups is 2. The SMILES string of the molecule is COc1ccc(CC23C=C4C=CC(=N4)C=c4ccc([nH]4)=CC4=NC(c5cn(-c6cc(C)ncc6F)cn5)(C=C4)C=C(N2)C(C)(C)C3=O)cc1. The number of aryl methyl sites for hydroxylation is 1. The van der Waals surface area contributed by atoms with Crippen LogP contribution in [0.25, 0.3) is 17.8 Å². The number of benzene rings is 1. The first-order valence-electron chi connectivity index (χ1n) is 16.1. The van der Waals surface area contributed by atoms with E-state index in [1.807, 2.05) is 106 Å². The van der Waals surface area contributed by atoms with E-state index < -0.39 is 22.3 Å². The van der Waals surface area contributed by atoms with Gasteiger partial charge >= 0.3 is 0 Å². The zero-order valence-electron chi connectivity index (χ0n) is 27.5. The van der Waals surface area contributed by atoms with E-state index in [0.717, 1.165) is 27.7 Å². The number of allylic oxidation sites excluding steroid dienone is 4. The van der Waals surface area contributed by atoms with Crippen LogP contribution in [0.3, 0.4) is 0 Å². The highest BCUT2D eigenvalue weighted by Gasteiger charge is 2.55. The number of imidazole rings is 1. The molecule has 4 aromatic rings. The average Bonchev–Trinajstić information content (AvgIpc) is 3.92. The van der Waals surface area contributed by atoms with Crippen molar-refractivity contribution >= 4 is 29.4 Å². The number of nitrogens with zero attached hydrogens (tertiary/aromatic N) is 5. The molecule has 0 radical (unpaired) electrons. The number of fused-ring (bicyclic) bond motifs is 6. The summed E-state index contributed by atoms with van der Waals surface area (Å²) in [6.45, 7) is 5.68. The molecule has 244 valence electrons. The fraction of sp³-hybridized carbons (Fsp3) is 0.205. The van der Waals surface area contributed by atoms with Gasteiger partial charge in [-0.25, -0.2) is 14.4 Å². The summed E-state index contributed by atoms with van der Waals surface area (Å²) in [5.41, 5.74) is 2.25. The minimum Gasteiger partial charge on any atom is -0.497 e. The van der Waals surface area contributed by atoms with Crippen molar-refractivity contribution in [1.29, 1.82) is 0 Å². The van der Waals surface area contributed by atoms with E-state index in [1.54, 1.807) is 30.3 Å². The van der Waals surface area contributed by atoms with Crippen molar-refractivity contribution in [3.8, 4) is 11.4 Å². The lowest BCUT2D eigenvalue weighted by Gasteiger charge is -2.26. The van der Waals surface area contributed by atoms with Crippen LogP contribution in [0.1, 0.15) is 30.8 Å². The number of rotatable bonds is 5. The molecule has 9 nitrogen and oxygen atoms in total. The summed E-state index contributed by atoms with van der Waals surface area (Å²) < 4.78 is 22.0. The Morgan fingerprint density at radius 3 is 2.51 bits per heavy atom. The number of carbonyl (C=O) groups is 1. The number of hydrogen-bond acceptors (Lipinski definition) is 7. The van der Waals surface area contributed by atoms with Gasteiger partial charge in [0, 0.05) is 34.7 Å². The van der Waals surface area contributed by atoms with Crippen molar-refractivity contribution in [2.75, 3.05) is 7.11 Å². The summed E-state index contributed by atoms with van der Waals surface area (Å²) in [7, 11) is 1.63. The molecule has 4 aliphatic heterocycles. The van der Waals surface area contributed by atoms with Crippen LogP contribution in [0.15, 0.2) is 119 Å². The normalized spacial score (nSPS) is 23.2. The van der Waals surface area contributed by atoms with Crippen LogP contribution in [0.2, 0.25) is 0 Å². The summed E-state index contributed by atoms with van der Waals surface area (Å²) >= 11 is 0. The lowest BCUT2D eigenvalue weighted by molar-refractivity contribution is -0.126. The predicted octanol–water partition coefficient (Wildman–Crippen LogP) is 4.49. The first-order chi connectivity index (χ1) is 23.5. The maximum Gasteiger partial charge on any atom is 0.173 e.